The molecule has 3 heteroatoms. The van der Waals surface area contributed by atoms with Gasteiger partial charge in [-0.15, -0.1) is 0 Å². The predicted octanol–water partition coefficient (Wildman–Crippen LogP) is 1.87. The van der Waals surface area contributed by atoms with E-state index >= 15 is 0 Å². The van der Waals surface area contributed by atoms with Crippen molar-refractivity contribution in [3.63, 3.8) is 0 Å². The molecule has 0 atom stereocenters. The van der Waals surface area contributed by atoms with Crippen LogP contribution in [0.2, 0.25) is 0 Å². The van der Waals surface area contributed by atoms with Crippen LogP contribution >= 0.6 is 0 Å². The van der Waals surface area contributed by atoms with E-state index in [1.165, 1.54) is 5.56 Å². The number of fused-ring (bicyclic) bond motifs is 1. The van der Waals surface area contributed by atoms with E-state index in [0.29, 0.717) is 0 Å². The number of aryl methyl sites for hydroxylation is 1. The minimum absolute atomic E-state index is 0.0997. The second-order valence-corrected chi connectivity index (χ2v) is 5.07. The van der Waals surface area contributed by atoms with E-state index in [2.05, 4.69) is 23.0 Å². The van der Waals surface area contributed by atoms with Crippen molar-refractivity contribution in [2.45, 2.75) is 31.3 Å². The van der Waals surface area contributed by atoms with Gasteiger partial charge in [0.05, 0.1) is 6.20 Å². The molecule has 1 saturated heterocycles. The summed E-state index contributed by atoms with van der Waals surface area (Å²) in [6.45, 7) is 2.30. The number of ether oxygens (including phenoxy) is 1. The summed E-state index contributed by atoms with van der Waals surface area (Å²) in [7, 11) is 2.19. The number of likely N-dealkylation sites (tertiary alicyclic amines) is 1. The minimum Gasteiger partial charge on any atom is -0.485 e. The first-order chi connectivity index (χ1) is 7.77. The normalized spacial score (nSPS) is 23.8. The first-order valence-electron chi connectivity index (χ1n) is 6.08. The van der Waals surface area contributed by atoms with Gasteiger partial charge in [-0.05, 0) is 44.4 Å². The topological polar surface area (TPSA) is 25.4 Å². The highest BCUT2D eigenvalue weighted by Gasteiger charge is 2.38. The number of aromatic nitrogens is 1. The number of nitrogens with zero attached hydrogens (tertiary/aromatic N) is 2. The lowest BCUT2D eigenvalue weighted by atomic mass is 9.83. The number of piperidine rings is 1. The Kier molecular flexibility index (Phi) is 2.36. The fourth-order valence-electron chi connectivity index (χ4n) is 2.73. The van der Waals surface area contributed by atoms with Crippen molar-refractivity contribution in [1.29, 1.82) is 0 Å². The molecule has 3 nitrogen and oxygen atoms in total. The largest absolute Gasteiger partial charge is 0.485 e. The van der Waals surface area contributed by atoms with Crippen molar-refractivity contribution < 1.29 is 4.74 Å². The molecule has 1 aromatic heterocycles. The summed E-state index contributed by atoms with van der Waals surface area (Å²) < 4.78 is 6.22. The molecule has 2 aliphatic heterocycles. The van der Waals surface area contributed by atoms with Gasteiger partial charge in [0, 0.05) is 19.3 Å². The zero-order valence-corrected chi connectivity index (χ0v) is 9.78. The van der Waals surface area contributed by atoms with Crippen molar-refractivity contribution in [3.05, 3.63) is 24.0 Å². The number of rotatable bonds is 0. The highest BCUT2D eigenvalue weighted by atomic mass is 16.5. The standard InChI is InChI=1S/C13H18N2O/c1-15-8-5-13(6-9-15)4-2-11-3-7-14-10-12(11)16-13/h3,7,10H,2,4-6,8-9H2,1H3. The Balaban J connectivity index is 1.82. The van der Waals surface area contributed by atoms with Crippen LogP contribution in [0.3, 0.4) is 0 Å². The smallest absolute Gasteiger partial charge is 0.141 e. The third-order valence-electron chi connectivity index (χ3n) is 3.94. The quantitative estimate of drug-likeness (QED) is 0.664. The van der Waals surface area contributed by atoms with E-state index in [0.717, 1.165) is 44.5 Å². The molecule has 3 rings (SSSR count). The fraction of sp³-hybridized carbons (Fsp3) is 0.615. The van der Waals surface area contributed by atoms with Crippen molar-refractivity contribution >= 4 is 0 Å². The molecule has 1 aromatic rings. The van der Waals surface area contributed by atoms with Gasteiger partial charge in [0.15, 0.2) is 0 Å². The van der Waals surface area contributed by atoms with Gasteiger partial charge in [-0.25, -0.2) is 0 Å². The van der Waals surface area contributed by atoms with Crippen LogP contribution in [0.5, 0.6) is 5.75 Å². The van der Waals surface area contributed by atoms with E-state index in [-0.39, 0.29) is 5.60 Å². The molecule has 0 N–H and O–H groups in total. The van der Waals surface area contributed by atoms with Gasteiger partial charge in [-0.1, -0.05) is 0 Å². The maximum Gasteiger partial charge on any atom is 0.141 e. The summed E-state index contributed by atoms with van der Waals surface area (Å²) in [5.74, 6) is 1.01. The molecule has 16 heavy (non-hydrogen) atoms. The average Bonchev–Trinajstić information content (AvgIpc) is 2.33. The van der Waals surface area contributed by atoms with E-state index in [9.17, 15) is 0 Å². The van der Waals surface area contributed by atoms with Gasteiger partial charge < -0.3 is 9.64 Å². The molecular formula is C13H18N2O. The molecule has 3 heterocycles. The molecule has 0 saturated carbocycles. The summed E-state index contributed by atoms with van der Waals surface area (Å²) in [4.78, 5) is 6.54. The maximum atomic E-state index is 6.22. The maximum absolute atomic E-state index is 6.22. The van der Waals surface area contributed by atoms with Crippen LogP contribution in [0.1, 0.15) is 24.8 Å². The first kappa shape index (κ1) is 10.1. The minimum atomic E-state index is 0.0997. The second-order valence-electron chi connectivity index (χ2n) is 5.07. The molecule has 0 aromatic carbocycles. The van der Waals surface area contributed by atoms with Gasteiger partial charge in [0.25, 0.3) is 0 Å². The van der Waals surface area contributed by atoms with Crippen molar-refractivity contribution in [3.8, 4) is 5.75 Å². The number of hydrogen-bond acceptors (Lipinski definition) is 3. The summed E-state index contributed by atoms with van der Waals surface area (Å²) in [5, 5.41) is 0. The molecule has 86 valence electrons. The Morgan fingerprint density at radius 1 is 1.31 bits per heavy atom. The van der Waals surface area contributed by atoms with Gasteiger partial charge in [-0.3, -0.25) is 4.98 Å². The number of pyridine rings is 1. The molecule has 0 radical (unpaired) electrons. The van der Waals surface area contributed by atoms with Crippen molar-refractivity contribution in [1.82, 2.24) is 9.88 Å². The average molecular weight is 218 g/mol. The third-order valence-corrected chi connectivity index (χ3v) is 3.94. The molecule has 0 unspecified atom stereocenters. The Morgan fingerprint density at radius 2 is 2.12 bits per heavy atom. The zero-order valence-electron chi connectivity index (χ0n) is 9.78. The van der Waals surface area contributed by atoms with Crippen LogP contribution in [0, 0.1) is 0 Å². The van der Waals surface area contributed by atoms with Crippen LogP contribution in [-0.2, 0) is 6.42 Å². The summed E-state index contributed by atoms with van der Waals surface area (Å²) >= 11 is 0. The zero-order chi connectivity index (χ0) is 11.0. The Bertz CT molecular complexity index is 383. The Morgan fingerprint density at radius 3 is 2.94 bits per heavy atom. The molecule has 0 aliphatic carbocycles. The fourth-order valence-corrected chi connectivity index (χ4v) is 2.73. The summed E-state index contributed by atoms with van der Waals surface area (Å²) in [5.41, 5.74) is 1.42. The van der Waals surface area contributed by atoms with Gasteiger partial charge in [0.1, 0.15) is 11.4 Å². The lowest BCUT2D eigenvalue weighted by Gasteiger charge is -2.43. The van der Waals surface area contributed by atoms with Gasteiger partial charge in [-0.2, -0.15) is 0 Å². The van der Waals surface area contributed by atoms with Crippen molar-refractivity contribution in [2.75, 3.05) is 20.1 Å². The van der Waals surface area contributed by atoms with Crippen LogP contribution < -0.4 is 4.74 Å². The molecule has 0 bridgehead atoms. The second kappa shape index (κ2) is 3.74. The van der Waals surface area contributed by atoms with Gasteiger partial charge in [0.2, 0.25) is 0 Å². The van der Waals surface area contributed by atoms with E-state index in [1.807, 2.05) is 12.4 Å². The van der Waals surface area contributed by atoms with E-state index in [4.69, 9.17) is 4.74 Å². The molecule has 1 fully saturated rings. The third kappa shape index (κ3) is 1.69. The number of hydrogen-bond donors (Lipinski definition) is 0. The summed E-state index contributed by atoms with van der Waals surface area (Å²) in [6.07, 6.45) is 8.33. The van der Waals surface area contributed by atoms with Gasteiger partial charge >= 0.3 is 0 Å². The SMILES string of the molecule is CN1CCC2(CCc3ccncc3O2)CC1. The highest BCUT2D eigenvalue weighted by Crippen LogP contribution is 2.38. The van der Waals surface area contributed by atoms with Crippen molar-refractivity contribution in [2.24, 2.45) is 0 Å². The van der Waals surface area contributed by atoms with E-state index < -0.39 is 0 Å². The lowest BCUT2D eigenvalue weighted by Crippen LogP contribution is -2.48. The lowest BCUT2D eigenvalue weighted by molar-refractivity contribution is -0.00908. The molecule has 0 amide bonds. The van der Waals surface area contributed by atoms with Crippen LogP contribution in [0.25, 0.3) is 0 Å². The van der Waals surface area contributed by atoms with E-state index in [1.54, 1.807) is 0 Å². The highest BCUT2D eigenvalue weighted by molar-refractivity contribution is 5.33. The molecule has 1 spiro atoms. The van der Waals surface area contributed by atoms with Crippen LogP contribution in [0.15, 0.2) is 18.5 Å². The monoisotopic (exact) mass is 218 g/mol. The molecular weight excluding hydrogens is 200 g/mol. The Hall–Kier alpha value is -1.09. The summed E-state index contributed by atoms with van der Waals surface area (Å²) in [6, 6.07) is 2.08. The Labute approximate surface area is 96.4 Å². The van der Waals surface area contributed by atoms with Crippen LogP contribution in [-0.4, -0.2) is 35.6 Å². The van der Waals surface area contributed by atoms with Crippen LogP contribution in [0.4, 0.5) is 0 Å². The molecule has 2 aliphatic rings. The first-order valence-corrected chi connectivity index (χ1v) is 6.08. The predicted molar refractivity (Wildman–Crippen MR) is 62.6 cm³/mol.